The summed E-state index contributed by atoms with van der Waals surface area (Å²) >= 11 is 0. The first-order chi connectivity index (χ1) is 12.1. The third-order valence-corrected chi connectivity index (χ3v) is 4.16. The van der Waals surface area contributed by atoms with Crippen molar-refractivity contribution in [2.75, 3.05) is 18.6 Å². The fraction of sp³-hybridized carbons (Fsp3) is 0.381. The fourth-order valence-corrected chi connectivity index (χ4v) is 2.55. The molecule has 0 spiro atoms. The van der Waals surface area contributed by atoms with Crippen LogP contribution in [-0.2, 0) is 11.2 Å². The van der Waals surface area contributed by atoms with E-state index in [-0.39, 0.29) is 11.7 Å². The highest BCUT2D eigenvalue weighted by molar-refractivity contribution is 5.93. The van der Waals surface area contributed by atoms with E-state index in [1.807, 2.05) is 36.4 Å². The molecule has 0 saturated heterocycles. The molecule has 0 unspecified atom stereocenters. The van der Waals surface area contributed by atoms with Crippen LogP contribution >= 0.6 is 0 Å². The first kappa shape index (κ1) is 18.8. The molecule has 0 aliphatic carbocycles. The predicted molar refractivity (Wildman–Crippen MR) is 101 cm³/mol. The molecule has 2 aromatic carbocycles. The smallest absolute Gasteiger partial charge is 0.227 e. The van der Waals surface area contributed by atoms with Gasteiger partial charge in [-0.3, -0.25) is 4.79 Å². The van der Waals surface area contributed by atoms with E-state index < -0.39 is 0 Å². The van der Waals surface area contributed by atoms with Gasteiger partial charge in [0, 0.05) is 25.2 Å². The minimum Gasteiger partial charge on any atom is -0.508 e. The molecule has 1 N–H and O–H groups in total. The Morgan fingerprint density at radius 2 is 1.88 bits per heavy atom. The Kier molecular flexibility index (Phi) is 7.33. The molecule has 134 valence electrons. The topological polar surface area (TPSA) is 49.8 Å². The number of phenolic OH excluding ortho intramolecular Hbond substituents is 1. The molecule has 0 atom stereocenters. The first-order valence-corrected chi connectivity index (χ1v) is 8.87. The van der Waals surface area contributed by atoms with Gasteiger partial charge < -0.3 is 14.7 Å². The van der Waals surface area contributed by atoms with Gasteiger partial charge in [-0.1, -0.05) is 38.0 Å². The maximum Gasteiger partial charge on any atom is 0.227 e. The van der Waals surface area contributed by atoms with Gasteiger partial charge in [0.25, 0.3) is 0 Å². The van der Waals surface area contributed by atoms with Gasteiger partial charge in [-0.25, -0.2) is 0 Å². The van der Waals surface area contributed by atoms with E-state index in [1.165, 1.54) is 6.42 Å². The molecular formula is C21H27NO3. The number of carbonyl (C=O) groups is 1. The lowest BCUT2D eigenvalue weighted by molar-refractivity contribution is -0.118. The molecule has 4 nitrogen and oxygen atoms in total. The monoisotopic (exact) mass is 341 g/mol. The van der Waals surface area contributed by atoms with Crippen LogP contribution in [0.1, 0.15) is 38.2 Å². The number of hydrogen-bond acceptors (Lipinski definition) is 3. The minimum atomic E-state index is 0.0520. The number of aromatic hydroxyl groups is 1. The molecule has 0 heterocycles. The molecule has 0 bridgehead atoms. The van der Waals surface area contributed by atoms with E-state index >= 15 is 0 Å². The van der Waals surface area contributed by atoms with Gasteiger partial charge in [0.2, 0.25) is 5.91 Å². The molecule has 0 aliphatic rings. The number of carbonyl (C=O) groups excluding carboxylic acids is 1. The minimum absolute atomic E-state index is 0.0520. The third kappa shape index (κ3) is 6.14. The van der Waals surface area contributed by atoms with Crippen molar-refractivity contribution in [3.63, 3.8) is 0 Å². The molecule has 2 aromatic rings. The summed E-state index contributed by atoms with van der Waals surface area (Å²) in [5.74, 6) is 1.09. The van der Waals surface area contributed by atoms with Crippen LogP contribution in [0.25, 0.3) is 0 Å². The summed E-state index contributed by atoms with van der Waals surface area (Å²) in [5, 5.41) is 9.30. The zero-order valence-corrected chi connectivity index (χ0v) is 15.1. The van der Waals surface area contributed by atoms with Crippen LogP contribution in [0.15, 0.2) is 48.5 Å². The van der Waals surface area contributed by atoms with Crippen LogP contribution in [0.5, 0.6) is 11.5 Å². The summed E-state index contributed by atoms with van der Waals surface area (Å²) in [7, 11) is 1.79. The molecule has 1 amide bonds. The number of rotatable bonds is 9. The fourth-order valence-electron chi connectivity index (χ4n) is 2.55. The number of benzene rings is 2. The van der Waals surface area contributed by atoms with E-state index in [0.717, 1.165) is 29.8 Å². The summed E-state index contributed by atoms with van der Waals surface area (Å²) in [6.07, 6.45) is 4.44. The Bertz CT molecular complexity index is 667. The number of nitrogens with zero attached hydrogens (tertiary/aromatic N) is 1. The lowest BCUT2D eigenvalue weighted by Crippen LogP contribution is -2.26. The Morgan fingerprint density at radius 1 is 1.12 bits per heavy atom. The van der Waals surface area contributed by atoms with Crippen molar-refractivity contribution in [3.05, 3.63) is 54.1 Å². The standard InChI is InChI=1S/C21H27NO3/c1-3-4-5-15-25-20-8-6-7-18(16-20)22(2)21(24)14-11-17-9-12-19(23)13-10-17/h6-10,12-13,16,23H,3-5,11,14-15H2,1-2H3. The van der Waals surface area contributed by atoms with Crippen molar-refractivity contribution in [2.45, 2.75) is 39.0 Å². The normalized spacial score (nSPS) is 10.5. The van der Waals surface area contributed by atoms with Crippen molar-refractivity contribution >= 4 is 11.6 Å². The number of hydrogen-bond donors (Lipinski definition) is 1. The van der Waals surface area contributed by atoms with Crippen LogP contribution in [0.3, 0.4) is 0 Å². The van der Waals surface area contributed by atoms with Gasteiger partial charge in [0.1, 0.15) is 11.5 Å². The number of ether oxygens (including phenoxy) is 1. The molecule has 25 heavy (non-hydrogen) atoms. The second-order valence-electron chi connectivity index (χ2n) is 6.17. The van der Waals surface area contributed by atoms with Crippen LogP contribution in [-0.4, -0.2) is 24.7 Å². The number of amides is 1. The average Bonchev–Trinajstić information content (AvgIpc) is 2.64. The van der Waals surface area contributed by atoms with Crippen molar-refractivity contribution in [2.24, 2.45) is 0 Å². The molecule has 4 heteroatoms. The van der Waals surface area contributed by atoms with Gasteiger partial charge >= 0.3 is 0 Å². The summed E-state index contributed by atoms with van der Waals surface area (Å²) in [5.41, 5.74) is 1.87. The predicted octanol–water partition coefficient (Wildman–Crippen LogP) is 4.56. The number of aryl methyl sites for hydroxylation is 1. The van der Waals surface area contributed by atoms with Crippen molar-refractivity contribution in [3.8, 4) is 11.5 Å². The second-order valence-corrected chi connectivity index (χ2v) is 6.17. The number of unbranched alkanes of at least 4 members (excludes halogenated alkanes) is 2. The molecule has 0 aliphatic heterocycles. The Labute approximate surface area is 150 Å². The molecule has 0 aromatic heterocycles. The zero-order valence-electron chi connectivity index (χ0n) is 15.1. The lowest BCUT2D eigenvalue weighted by atomic mass is 10.1. The SMILES string of the molecule is CCCCCOc1cccc(N(C)C(=O)CCc2ccc(O)cc2)c1. The number of anilines is 1. The van der Waals surface area contributed by atoms with Gasteiger partial charge in [-0.2, -0.15) is 0 Å². The second kappa shape index (κ2) is 9.72. The molecule has 0 radical (unpaired) electrons. The number of phenols is 1. The van der Waals surface area contributed by atoms with Gasteiger partial charge in [-0.15, -0.1) is 0 Å². The van der Waals surface area contributed by atoms with Gasteiger partial charge in [0.05, 0.1) is 6.61 Å². The summed E-state index contributed by atoms with van der Waals surface area (Å²) in [4.78, 5) is 14.1. The first-order valence-electron chi connectivity index (χ1n) is 8.87. The van der Waals surface area contributed by atoms with Crippen LogP contribution in [0.4, 0.5) is 5.69 Å². The maximum atomic E-state index is 12.4. The van der Waals surface area contributed by atoms with Crippen molar-refractivity contribution < 1.29 is 14.6 Å². The average molecular weight is 341 g/mol. The highest BCUT2D eigenvalue weighted by atomic mass is 16.5. The quantitative estimate of drug-likeness (QED) is 0.680. The van der Waals surface area contributed by atoms with Crippen LogP contribution in [0, 0.1) is 0 Å². The van der Waals surface area contributed by atoms with E-state index in [1.54, 1.807) is 24.1 Å². The van der Waals surface area contributed by atoms with E-state index in [0.29, 0.717) is 19.4 Å². The summed E-state index contributed by atoms with van der Waals surface area (Å²) in [6, 6.07) is 14.6. The Balaban J connectivity index is 1.88. The summed E-state index contributed by atoms with van der Waals surface area (Å²) in [6.45, 7) is 2.87. The van der Waals surface area contributed by atoms with Gasteiger partial charge in [-0.05, 0) is 42.7 Å². The van der Waals surface area contributed by atoms with E-state index in [4.69, 9.17) is 4.74 Å². The van der Waals surface area contributed by atoms with E-state index in [9.17, 15) is 9.90 Å². The highest BCUT2D eigenvalue weighted by Crippen LogP contribution is 2.21. The molecule has 0 saturated carbocycles. The van der Waals surface area contributed by atoms with Gasteiger partial charge in [0.15, 0.2) is 0 Å². The zero-order chi connectivity index (χ0) is 18.1. The van der Waals surface area contributed by atoms with Crippen molar-refractivity contribution in [1.82, 2.24) is 0 Å². The lowest BCUT2D eigenvalue weighted by Gasteiger charge is -2.18. The third-order valence-electron chi connectivity index (χ3n) is 4.16. The maximum absolute atomic E-state index is 12.4. The van der Waals surface area contributed by atoms with Crippen LogP contribution in [0.2, 0.25) is 0 Å². The molecule has 2 rings (SSSR count). The highest BCUT2D eigenvalue weighted by Gasteiger charge is 2.12. The largest absolute Gasteiger partial charge is 0.508 e. The summed E-state index contributed by atoms with van der Waals surface area (Å²) < 4.78 is 5.76. The van der Waals surface area contributed by atoms with E-state index in [2.05, 4.69) is 6.92 Å². The molecular weight excluding hydrogens is 314 g/mol. The Hall–Kier alpha value is -2.49. The molecule has 0 fully saturated rings. The van der Waals surface area contributed by atoms with Crippen LogP contribution < -0.4 is 9.64 Å². The van der Waals surface area contributed by atoms with Crippen molar-refractivity contribution in [1.29, 1.82) is 0 Å². The Morgan fingerprint density at radius 3 is 2.60 bits per heavy atom.